The molecule has 0 spiro atoms. The number of aryl methyl sites for hydroxylation is 2. The summed E-state index contributed by atoms with van der Waals surface area (Å²) >= 11 is 1.62. The van der Waals surface area contributed by atoms with Gasteiger partial charge in [-0.1, -0.05) is 83.6 Å². The number of piperazine rings is 1. The van der Waals surface area contributed by atoms with Crippen molar-refractivity contribution < 1.29 is 4.79 Å². The lowest BCUT2D eigenvalue weighted by Crippen LogP contribution is -2.48. The van der Waals surface area contributed by atoms with Crippen LogP contribution in [0.2, 0.25) is 0 Å². The number of aromatic nitrogens is 4. The summed E-state index contributed by atoms with van der Waals surface area (Å²) in [6.07, 6.45) is 2.41. The normalized spacial score (nSPS) is 14.2. The van der Waals surface area contributed by atoms with Gasteiger partial charge in [-0.2, -0.15) is 0 Å². The lowest BCUT2D eigenvalue weighted by molar-refractivity contribution is -0.133. The summed E-state index contributed by atoms with van der Waals surface area (Å²) in [5.41, 5.74) is 7.85. The highest BCUT2D eigenvalue weighted by atomic mass is 32.2. The molecule has 0 saturated carbocycles. The number of fused-ring (bicyclic) bond motifs is 3. The molecule has 42 heavy (non-hydrogen) atoms. The van der Waals surface area contributed by atoms with E-state index in [2.05, 4.69) is 106 Å². The molecule has 1 aliphatic rings. The Balaban J connectivity index is 1.02. The first-order valence-corrected chi connectivity index (χ1v) is 15.9. The van der Waals surface area contributed by atoms with Gasteiger partial charge in [0, 0.05) is 56.8 Å². The molecule has 6 rings (SSSR count). The van der Waals surface area contributed by atoms with Crippen LogP contribution in [0.25, 0.3) is 22.1 Å². The van der Waals surface area contributed by atoms with E-state index >= 15 is 0 Å². The van der Waals surface area contributed by atoms with Crippen molar-refractivity contribution in [2.75, 3.05) is 31.9 Å². The topological polar surface area (TPSA) is 67.2 Å². The van der Waals surface area contributed by atoms with Crippen LogP contribution in [0.5, 0.6) is 0 Å². The van der Waals surface area contributed by atoms with E-state index in [-0.39, 0.29) is 5.91 Å². The van der Waals surface area contributed by atoms with Crippen LogP contribution < -0.4 is 0 Å². The molecule has 0 bridgehead atoms. The third-order valence-electron chi connectivity index (χ3n) is 8.05. The fraction of sp³-hybridized carbons (Fsp3) is 0.353. The van der Waals surface area contributed by atoms with Crippen molar-refractivity contribution in [2.24, 2.45) is 0 Å². The predicted octanol–water partition coefficient (Wildman–Crippen LogP) is 6.25. The minimum Gasteiger partial charge on any atom is -0.340 e. The quantitative estimate of drug-likeness (QED) is 0.144. The van der Waals surface area contributed by atoms with Gasteiger partial charge in [-0.05, 0) is 49.9 Å². The molecule has 3 aromatic carbocycles. The molecule has 0 aliphatic carbocycles. The molecule has 0 radical (unpaired) electrons. The van der Waals surface area contributed by atoms with Gasteiger partial charge >= 0.3 is 0 Å². The summed E-state index contributed by atoms with van der Waals surface area (Å²) < 4.78 is 2.26. The van der Waals surface area contributed by atoms with Crippen LogP contribution in [0, 0.1) is 13.8 Å². The molecule has 0 N–H and O–H groups in total. The van der Waals surface area contributed by atoms with Crippen molar-refractivity contribution in [3.05, 3.63) is 95.1 Å². The number of nitrogens with zero attached hydrogens (tertiary/aromatic N) is 6. The van der Waals surface area contributed by atoms with Gasteiger partial charge in [0.15, 0.2) is 5.65 Å². The zero-order valence-electron chi connectivity index (χ0n) is 24.5. The number of benzene rings is 3. The number of carbonyl (C=O) groups excluding carboxylic acids is 1. The van der Waals surface area contributed by atoms with Crippen LogP contribution in [0.15, 0.2) is 78.0 Å². The number of unbranched alkanes of at least 4 members (excludes halogenated alkanes) is 1. The number of rotatable bonds is 10. The summed E-state index contributed by atoms with van der Waals surface area (Å²) in [7, 11) is 0. The Hall–Kier alpha value is -3.75. The molecule has 1 fully saturated rings. The first kappa shape index (κ1) is 28.4. The number of hydrogen-bond donors (Lipinski definition) is 0. The van der Waals surface area contributed by atoms with Crippen LogP contribution in [0.3, 0.4) is 0 Å². The maximum Gasteiger partial charge on any atom is 0.222 e. The van der Waals surface area contributed by atoms with Gasteiger partial charge < -0.3 is 9.47 Å². The lowest BCUT2D eigenvalue weighted by Gasteiger charge is -2.34. The Morgan fingerprint density at radius 1 is 0.810 bits per heavy atom. The van der Waals surface area contributed by atoms with Crippen molar-refractivity contribution in [3.63, 3.8) is 0 Å². The van der Waals surface area contributed by atoms with E-state index in [1.165, 1.54) is 22.3 Å². The van der Waals surface area contributed by atoms with Gasteiger partial charge in [0.05, 0.1) is 5.52 Å². The van der Waals surface area contributed by atoms with Crippen molar-refractivity contribution in [2.45, 2.75) is 51.4 Å². The average molecular weight is 579 g/mol. The second-order valence-corrected chi connectivity index (χ2v) is 12.4. The Labute approximate surface area is 251 Å². The molecule has 216 valence electrons. The maximum atomic E-state index is 12.8. The molecule has 5 aromatic rings. The van der Waals surface area contributed by atoms with Crippen molar-refractivity contribution >= 4 is 39.7 Å². The first-order valence-electron chi connectivity index (χ1n) is 14.9. The maximum absolute atomic E-state index is 12.8. The van der Waals surface area contributed by atoms with Crippen LogP contribution in [-0.2, 0) is 17.9 Å². The molecule has 3 heterocycles. The monoisotopic (exact) mass is 578 g/mol. The van der Waals surface area contributed by atoms with Gasteiger partial charge in [0.2, 0.25) is 11.1 Å². The van der Waals surface area contributed by atoms with E-state index in [1.54, 1.807) is 11.8 Å². The Bertz CT molecular complexity index is 1660. The van der Waals surface area contributed by atoms with Gasteiger partial charge in [-0.3, -0.25) is 9.69 Å². The van der Waals surface area contributed by atoms with E-state index in [4.69, 9.17) is 4.98 Å². The number of amides is 1. The predicted molar refractivity (Wildman–Crippen MR) is 171 cm³/mol. The second-order valence-electron chi connectivity index (χ2n) is 11.3. The minimum absolute atomic E-state index is 0.273. The van der Waals surface area contributed by atoms with Gasteiger partial charge in [-0.25, -0.2) is 4.98 Å². The van der Waals surface area contributed by atoms with Crippen LogP contribution >= 0.6 is 11.8 Å². The van der Waals surface area contributed by atoms with E-state index in [9.17, 15) is 4.79 Å². The summed E-state index contributed by atoms with van der Waals surface area (Å²) in [4.78, 5) is 22.3. The molecule has 1 amide bonds. The van der Waals surface area contributed by atoms with Crippen molar-refractivity contribution in [1.82, 2.24) is 29.5 Å². The second kappa shape index (κ2) is 13.0. The smallest absolute Gasteiger partial charge is 0.222 e. The number of hydrogen-bond acceptors (Lipinski definition) is 6. The molecular weight excluding hydrogens is 540 g/mol. The average Bonchev–Trinajstić information content (AvgIpc) is 3.30. The lowest BCUT2D eigenvalue weighted by atomic mass is 10.1. The van der Waals surface area contributed by atoms with E-state index in [1.807, 2.05) is 4.90 Å². The highest BCUT2D eigenvalue weighted by Crippen LogP contribution is 2.29. The zero-order valence-corrected chi connectivity index (χ0v) is 25.3. The van der Waals surface area contributed by atoms with Crippen molar-refractivity contribution in [1.29, 1.82) is 0 Å². The molecule has 2 aromatic heterocycles. The third kappa shape index (κ3) is 6.66. The highest BCUT2D eigenvalue weighted by molar-refractivity contribution is 7.99. The van der Waals surface area contributed by atoms with Crippen LogP contribution in [-0.4, -0.2) is 67.4 Å². The summed E-state index contributed by atoms with van der Waals surface area (Å²) in [5, 5.41) is 10.9. The number of thioether (sulfide) groups is 1. The Morgan fingerprint density at radius 2 is 1.55 bits per heavy atom. The zero-order chi connectivity index (χ0) is 28.9. The Morgan fingerprint density at radius 3 is 2.33 bits per heavy atom. The molecule has 1 aliphatic heterocycles. The molecule has 0 unspecified atom stereocenters. The van der Waals surface area contributed by atoms with Crippen molar-refractivity contribution in [3.8, 4) is 0 Å². The Kier molecular flexibility index (Phi) is 8.81. The standard InChI is InChI=1S/C34H38N6OS/c1-25-11-14-28(15-12-25)24-40-30-16-13-26(2)22-29(30)32-33(40)35-34(37-36-32)42-21-7-6-10-31(41)39-19-17-38(18-20-39)23-27-8-4-3-5-9-27/h3-5,8-9,11-16,22H,6-7,10,17-21,23-24H2,1-2H3. The van der Waals surface area contributed by atoms with E-state index < -0.39 is 0 Å². The number of carbonyl (C=O) groups is 1. The molecule has 8 heteroatoms. The van der Waals surface area contributed by atoms with Gasteiger partial charge in [-0.15, -0.1) is 10.2 Å². The summed E-state index contributed by atoms with van der Waals surface area (Å²) in [6.45, 7) is 9.39. The fourth-order valence-corrected chi connectivity index (χ4v) is 6.43. The van der Waals surface area contributed by atoms with E-state index in [0.29, 0.717) is 11.6 Å². The molecule has 0 atom stereocenters. The van der Waals surface area contributed by atoms with Gasteiger partial charge in [0.25, 0.3) is 0 Å². The third-order valence-corrected chi connectivity index (χ3v) is 8.98. The largest absolute Gasteiger partial charge is 0.340 e. The highest BCUT2D eigenvalue weighted by Gasteiger charge is 2.21. The SMILES string of the molecule is Cc1ccc(Cn2c3ccc(C)cc3c3nnc(SCCCCC(=O)N4CCN(Cc5ccccc5)CC4)nc32)cc1. The van der Waals surface area contributed by atoms with Crippen LogP contribution in [0.1, 0.15) is 41.5 Å². The minimum atomic E-state index is 0.273. The van der Waals surface area contributed by atoms with Crippen LogP contribution in [0.4, 0.5) is 0 Å². The molecule has 7 nitrogen and oxygen atoms in total. The molecule has 1 saturated heterocycles. The fourth-order valence-electron chi connectivity index (χ4n) is 5.65. The summed E-state index contributed by atoms with van der Waals surface area (Å²) in [6, 6.07) is 25.7. The van der Waals surface area contributed by atoms with E-state index in [0.717, 1.165) is 79.9 Å². The molecular formula is C34H38N6OS. The first-order chi connectivity index (χ1) is 20.5. The van der Waals surface area contributed by atoms with Gasteiger partial charge in [0.1, 0.15) is 5.52 Å². The summed E-state index contributed by atoms with van der Waals surface area (Å²) in [5.74, 6) is 1.14.